The summed E-state index contributed by atoms with van der Waals surface area (Å²) in [5.41, 5.74) is 1.20. The van der Waals surface area contributed by atoms with Crippen molar-refractivity contribution in [3.8, 4) is 0 Å². The fourth-order valence-electron chi connectivity index (χ4n) is 2.57. The molecule has 23 heavy (non-hydrogen) atoms. The molecule has 1 heterocycles. The highest BCUT2D eigenvalue weighted by atomic mass is 32.2. The molecule has 1 N–H and O–H groups in total. The number of benzene rings is 1. The van der Waals surface area contributed by atoms with Crippen molar-refractivity contribution in [1.29, 1.82) is 0 Å². The van der Waals surface area contributed by atoms with Crippen LogP contribution in [0.1, 0.15) is 31.7 Å². The van der Waals surface area contributed by atoms with E-state index in [1.807, 2.05) is 24.3 Å². The maximum Gasteiger partial charge on any atom is 0.231 e. The van der Waals surface area contributed by atoms with Crippen LogP contribution in [0.4, 0.5) is 0 Å². The van der Waals surface area contributed by atoms with Gasteiger partial charge in [-0.05, 0) is 18.4 Å². The van der Waals surface area contributed by atoms with Gasteiger partial charge in [0.2, 0.25) is 5.91 Å². The molecule has 0 unspecified atom stereocenters. The number of carbonyl (C=O) groups is 1. The average molecular weight is 350 g/mol. The number of unbranched alkanes of at least 4 members (excludes halogenated alkanes) is 1. The van der Waals surface area contributed by atoms with Crippen molar-refractivity contribution in [2.45, 2.75) is 44.8 Å². The van der Waals surface area contributed by atoms with Gasteiger partial charge in [0.1, 0.15) is 4.32 Å². The van der Waals surface area contributed by atoms with Gasteiger partial charge in [-0.25, -0.2) is 0 Å². The van der Waals surface area contributed by atoms with E-state index in [-0.39, 0.29) is 18.4 Å². The first-order valence-corrected chi connectivity index (χ1v) is 9.38. The molecule has 5 heteroatoms. The van der Waals surface area contributed by atoms with Crippen LogP contribution >= 0.6 is 24.0 Å². The summed E-state index contributed by atoms with van der Waals surface area (Å²) < 4.78 is 0.626. The molecule has 1 aromatic rings. The van der Waals surface area contributed by atoms with E-state index in [1.165, 1.54) is 5.56 Å². The van der Waals surface area contributed by atoms with Gasteiger partial charge in [-0.3, -0.25) is 9.69 Å². The predicted octanol–water partition coefficient (Wildman–Crippen LogP) is 3.57. The molecule has 0 radical (unpaired) electrons. The quantitative estimate of drug-likeness (QED) is 0.603. The Balaban J connectivity index is 1.97. The minimum Gasteiger partial charge on any atom is -0.389 e. The van der Waals surface area contributed by atoms with Crippen LogP contribution in [0.2, 0.25) is 0 Å². The van der Waals surface area contributed by atoms with Gasteiger partial charge >= 0.3 is 0 Å². The highest BCUT2D eigenvalue weighted by molar-refractivity contribution is 8.23. The van der Waals surface area contributed by atoms with Gasteiger partial charge in [0.25, 0.3) is 0 Å². The standard InChI is InChI=1S/C18H23NO2S2/c1-2-3-5-10-16(20)12-17(21)19-15(13-23-18(19)22)11-14-8-6-4-7-9-14/h4-10,15-16,20H,2-3,11-13H2,1H3/b10-5+/t15-,16-/m1/s1. The zero-order valence-corrected chi connectivity index (χ0v) is 15.0. The van der Waals surface area contributed by atoms with Crippen LogP contribution in [0.25, 0.3) is 0 Å². The van der Waals surface area contributed by atoms with E-state index in [9.17, 15) is 9.90 Å². The van der Waals surface area contributed by atoms with E-state index in [4.69, 9.17) is 12.2 Å². The SMILES string of the molecule is CCC/C=C/[C@@H](O)CC(=O)N1C(=S)SC[C@H]1Cc1ccccc1. The van der Waals surface area contributed by atoms with Crippen molar-refractivity contribution < 1.29 is 9.90 Å². The van der Waals surface area contributed by atoms with Gasteiger partial charge in [-0.2, -0.15) is 0 Å². The van der Waals surface area contributed by atoms with Crippen molar-refractivity contribution in [2.24, 2.45) is 0 Å². The summed E-state index contributed by atoms with van der Waals surface area (Å²) in [7, 11) is 0. The molecule has 1 aliphatic heterocycles. The second kappa shape index (κ2) is 9.21. The Morgan fingerprint density at radius 3 is 2.91 bits per heavy atom. The van der Waals surface area contributed by atoms with E-state index in [0.717, 1.165) is 25.0 Å². The molecule has 124 valence electrons. The van der Waals surface area contributed by atoms with Crippen LogP contribution in [0, 0.1) is 0 Å². The minimum absolute atomic E-state index is 0.0780. The smallest absolute Gasteiger partial charge is 0.231 e. The number of hydrogen-bond donors (Lipinski definition) is 1. The number of rotatable bonds is 7. The van der Waals surface area contributed by atoms with E-state index in [1.54, 1.807) is 22.7 Å². The first-order chi connectivity index (χ1) is 11.1. The summed E-state index contributed by atoms with van der Waals surface area (Å²) >= 11 is 6.88. The molecule has 3 nitrogen and oxygen atoms in total. The number of carbonyl (C=O) groups excluding carboxylic acids is 1. The number of allylic oxidation sites excluding steroid dienone is 1. The summed E-state index contributed by atoms with van der Waals surface area (Å²) in [5, 5.41) is 9.98. The predicted molar refractivity (Wildman–Crippen MR) is 101 cm³/mol. The summed E-state index contributed by atoms with van der Waals surface area (Å²) in [6.07, 6.45) is 5.73. The van der Waals surface area contributed by atoms with Crippen molar-refractivity contribution in [3.63, 3.8) is 0 Å². The molecule has 1 saturated heterocycles. The lowest BCUT2D eigenvalue weighted by atomic mass is 10.1. The normalized spacial score (nSPS) is 19.5. The van der Waals surface area contributed by atoms with Gasteiger partial charge in [0.05, 0.1) is 18.6 Å². The molecule has 2 rings (SSSR count). The molecule has 1 fully saturated rings. The lowest BCUT2D eigenvalue weighted by molar-refractivity contribution is -0.129. The molecule has 1 amide bonds. The second-order valence-electron chi connectivity index (χ2n) is 5.67. The van der Waals surface area contributed by atoms with Crippen LogP contribution in [0.5, 0.6) is 0 Å². The maximum atomic E-state index is 12.5. The molecule has 1 aliphatic rings. The minimum atomic E-state index is -0.736. The Labute approximate surface area is 147 Å². The summed E-state index contributed by atoms with van der Waals surface area (Å²) in [6, 6.07) is 10.2. The zero-order chi connectivity index (χ0) is 16.7. The van der Waals surface area contributed by atoms with Crippen molar-refractivity contribution >= 4 is 34.2 Å². The Bertz CT molecular complexity index is 559. The number of thiocarbonyl (C=S) groups is 1. The average Bonchev–Trinajstić information content (AvgIpc) is 2.89. The Kier molecular flexibility index (Phi) is 7.27. The zero-order valence-electron chi connectivity index (χ0n) is 13.4. The maximum absolute atomic E-state index is 12.5. The molecule has 0 aromatic heterocycles. The molecule has 0 spiro atoms. The van der Waals surface area contributed by atoms with Gasteiger partial charge < -0.3 is 5.11 Å². The summed E-state index contributed by atoms with van der Waals surface area (Å²) in [4.78, 5) is 14.2. The Hall–Kier alpha value is -1.17. The number of amides is 1. The second-order valence-corrected chi connectivity index (χ2v) is 7.33. The van der Waals surface area contributed by atoms with Crippen molar-refractivity contribution in [3.05, 3.63) is 48.0 Å². The van der Waals surface area contributed by atoms with Gasteiger partial charge in [0, 0.05) is 5.75 Å². The third kappa shape index (κ3) is 5.44. The molecule has 2 atom stereocenters. The molecule has 0 aliphatic carbocycles. The summed E-state index contributed by atoms with van der Waals surface area (Å²) in [6.45, 7) is 2.08. The van der Waals surface area contributed by atoms with Gasteiger partial charge in [-0.15, -0.1) is 0 Å². The van der Waals surface area contributed by atoms with Crippen LogP contribution in [0.15, 0.2) is 42.5 Å². The van der Waals surface area contributed by atoms with Crippen LogP contribution in [-0.2, 0) is 11.2 Å². The van der Waals surface area contributed by atoms with E-state index >= 15 is 0 Å². The number of aliphatic hydroxyl groups is 1. The highest BCUT2D eigenvalue weighted by Crippen LogP contribution is 2.27. The van der Waals surface area contributed by atoms with Crippen molar-refractivity contribution in [1.82, 2.24) is 4.90 Å². The summed E-state index contributed by atoms with van der Waals surface area (Å²) in [5.74, 6) is 0.732. The highest BCUT2D eigenvalue weighted by Gasteiger charge is 2.34. The molecular formula is C18H23NO2S2. The first kappa shape index (κ1) is 18.2. The van der Waals surface area contributed by atoms with Gasteiger partial charge in [0.15, 0.2) is 0 Å². The molecule has 1 aromatic carbocycles. The number of thioether (sulfide) groups is 1. The molecule has 0 bridgehead atoms. The number of nitrogens with zero attached hydrogens (tertiary/aromatic N) is 1. The lowest BCUT2D eigenvalue weighted by Gasteiger charge is -2.24. The fourth-order valence-corrected chi connectivity index (χ4v) is 4.01. The molecule has 0 saturated carbocycles. The first-order valence-electron chi connectivity index (χ1n) is 7.99. The van der Waals surface area contributed by atoms with Gasteiger partial charge in [-0.1, -0.05) is 79.8 Å². The third-order valence-corrected chi connectivity index (χ3v) is 5.29. The third-order valence-electron chi connectivity index (χ3n) is 3.74. The topological polar surface area (TPSA) is 40.5 Å². The Morgan fingerprint density at radius 1 is 1.48 bits per heavy atom. The van der Waals surface area contributed by atoms with E-state index in [0.29, 0.717) is 4.32 Å². The number of aliphatic hydroxyl groups excluding tert-OH is 1. The largest absolute Gasteiger partial charge is 0.389 e. The van der Waals surface area contributed by atoms with Crippen molar-refractivity contribution in [2.75, 3.05) is 5.75 Å². The fraction of sp³-hybridized carbons (Fsp3) is 0.444. The van der Waals surface area contributed by atoms with E-state index in [2.05, 4.69) is 19.1 Å². The lowest BCUT2D eigenvalue weighted by Crippen LogP contribution is -2.41. The van der Waals surface area contributed by atoms with Crippen LogP contribution in [-0.4, -0.2) is 38.1 Å². The molecular weight excluding hydrogens is 326 g/mol. The number of hydrogen-bond acceptors (Lipinski definition) is 4. The monoisotopic (exact) mass is 349 g/mol. The Morgan fingerprint density at radius 2 is 2.22 bits per heavy atom. The van der Waals surface area contributed by atoms with Crippen LogP contribution in [0.3, 0.4) is 0 Å². The van der Waals surface area contributed by atoms with E-state index < -0.39 is 6.10 Å². The van der Waals surface area contributed by atoms with Crippen LogP contribution < -0.4 is 0 Å².